The maximum atomic E-state index is 13.0. The Morgan fingerprint density at radius 1 is 1.35 bits per heavy atom. The van der Waals surface area contributed by atoms with Crippen molar-refractivity contribution in [3.63, 3.8) is 0 Å². The molecule has 0 radical (unpaired) electrons. The molecule has 1 aromatic carbocycles. The standard InChI is InChI=1S/C14H15FNO3P/c1-2-19-20(18,13-7-5-12(15)6-8-13)14(17)11-4-3-9-16-10-11/h3-10,14,17H,2H2,1H3. The monoisotopic (exact) mass is 295 g/mol. The number of hydrogen-bond acceptors (Lipinski definition) is 4. The lowest BCUT2D eigenvalue weighted by Crippen LogP contribution is -2.14. The highest BCUT2D eigenvalue weighted by Gasteiger charge is 2.36. The second-order valence-corrected chi connectivity index (χ2v) is 6.61. The molecule has 0 saturated carbocycles. The van der Waals surface area contributed by atoms with Gasteiger partial charge in [-0.2, -0.15) is 0 Å². The second kappa shape index (κ2) is 6.27. The van der Waals surface area contributed by atoms with Crippen LogP contribution in [0.2, 0.25) is 0 Å². The van der Waals surface area contributed by atoms with Crippen LogP contribution in [0.15, 0.2) is 48.8 Å². The lowest BCUT2D eigenvalue weighted by molar-refractivity contribution is 0.218. The van der Waals surface area contributed by atoms with E-state index in [2.05, 4.69) is 4.98 Å². The number of aliphatic hydroxyl groups excluding tert-OH is 1. The Kier molecular flexibility index (Phi) is 4.65. The Bertz CT molecular complexity index is 604. The maximum Gasteiger partial charge on any atom is 0.264 e. The first kappa shape index (κ1) is 14.9. The van der Waals surface area contributed by atoms with Gasteiger partial charge in [0.25, 0.3) is 7.37 Å². The average Bonchev–Trinajstić information content (AvgIpc) is 2.48. The molecule has 2 aromatic rings. The van der Waals surface area contributed by atoms with Gasteiger partial charge in [-0.05, 0) is 37.3 Å². The maximum absolute atomic E-state index is 13.0. The van der Waals surface area contributed by atoms with E-state index in [1.165, 1.54) is 30.5 Å². The summed E-state index contributed by atoms with van der Waals surface area (Å²) in [5.74, 6) is -1.77. The van der Waals surface area contributed by atoms with Crippen molar-refractivity contribution in [1.82, 2.24) is 4.98 Å². The van der Waals surface area contributed by atoms with Crippen molar-refractivity contribution in [1.29, 1.82) is 0 Å². The molecular weight excluding hydrogens is 280 g/mol. The molecule has 0 amide bonds. The van der Waals surface area contributed by atoms with E-state index >= 15 is 0 Å². The predicted octanol–water partition coefficient (Wildman–Crippen LogP) is 2.85. The summed E-state index contributed by atoms with van der Waals surface area (Å²) in [6.45, 7) is 1.86. The topological polar surface area (TPSA) is 59.4 Å². The number of aromatic nitrogens is 1. The van der Waals surface area contributed by atoms with Crippen LogP contribution in [0.25, 0.3) is 0 Å². The van der Waals surface area contributed by atoms with Crippen molar-refractivity contribution >= 4 is 12.7 Å². The van der Waals surface area contributed by atoms with E-state index < -0.39 is 19.0 Å². The van der Waals surface area contributed by atoms with Gasteiger partial charge in [0.15, 0.2) is 5.85 Å². The molecule has 6 heteroatoms. The highest BCUT2D eigenvalue weighted by atomic mass is 31.2. The molecule has 0 aliphatic carbocycles. The van der Waals surface area contributed by atoms with Gasteiger partial charge in [-0.3, -0.25) is 9.55 Å². The average molecular weight is 295 g/mol. The van der Waals surface area contributed by atoms with Crippen LogP contribution >= 0.6 is 7.37 Å². The van der Waals surface area contributed by atoms with Gasteiger partial charge in [-0.1, -0.05) is 6.07 Å². The third-order valence-corrected chi connectivity index (χ3v) is 5.41. The summed E-state index contributed by atoms with van der Waals surface area (Å²) < 4.78 is 31.3. The molecule has 1 N–H and O–H groups in total. The van der Waals surface area contributed by atoms with E-state index in [0.29, 0.717) is 5.56 Å². The summed E-state index contributed by atoms with van der Waals surface area (Å²) in [5.41, 5.74) is 0.397. The zero-order chi connectivity index (χ0) is 14.6. The Hall–Kier alpha value is -1.55. The fourth-order valence-corrected chi connectivity index (χ4v) is 3.92. The molecule has 106 valence electrons. The van der Waals surface area contributed by atoms with Gasteiger partial charge in [0.2, 0.25) is 0 Å². The minimum atomic E-state index is -3.56. The van der Waals surface area contributed by atoms with Crippen molar-refractivity contribution < 1.29 is 18.6 Å². The Morgan fingerprint density at radius 2 is 2.05 bits per heavy atom. The van der Waals surface area contributed by atoms with Crippen LogP contribution < -0.4 is 5.30 Å². The molecule has 0 aliphatic rings. The number of halogens is 1. The smallest absolute Gasteiger partial charge is 0.264 e. The first-order chi connectivity index (χ1) is 9.58. The predicted molar refractivity (Wildman–Crippen MR) is 74.5 cm³/mol. The molecule has 20 heavy (non-hydrogen) atoms. The molecule has 2 atom stereocenters. The van der Waals surface area contributed by atoms with Gasteiger partial charge in [-0.15, -0.1) is 0 Å². The van der Waals surface area contributed by atoms with Gasteiger partial charge in [0.1, 0.15) is 5.82 Å². The molecule has 2 rings (SSSR count). The van der Waals surface area contributed by atoms with Crippen LogP contribution in [-0.4, -0.2) is 16.7 Å². The van der Waals surface area contributed by atoms with E-state index in [-0.39, 0.29) is 11.9 Å². The molecule has 0 fully saturated rings. The largest absolute Gasteiger partial charge is 0.378 e. The lowest BCUT2D eigenvalue weighted by Gasteiger charge is -2.23. The zero-order valence-corrected chi connectivity index (χ0v) is 11.8. The number of aliphatic hydroxyl groups is 1. The van der Waals surface area contributed by atoms with Crippen LogP contribution in [0, 0.1) is 5.82 Å². The third kappa shape index (κ3) is 2.96. The minimum Gasteiger partial charge on any atom is -0.378 e. The summed E-state index contributed by atoms with van der Waals surface area (Å²) in [5, 5.41) is 10.6. The van der Waals surface area contributed by atoms with Crippen LogP contribution in [0.5, 0.6) is 0 Å². The lowest BCUT2D eigenvalue weighted by atomic mass is 10.3. The Labute approximate surface area is 116 Å². The quantitative estimate of drug-likeness (QED) is 0.862. The Morgan fingerprint density at radius 3 is 2.60 bits per heavy atom. The first-order valence-corrected chi connectivity index (χ1v) is 7.85. The summed E-state index contributed by atoms with van der Waals surface area (Å²) >= 11 is 0. The van der Waals surface area contributed by atoms with E-state index in [1.807, 2.05) is 0 Å². The summed E-state index contributed by atoms with van der Waals surface area (Å²) in [6.07, 6.45) is 2.99. The molecule has 4 nitrogen and oxygen atoms in total. The van der Waals surface area contributed by atoms with Crippen LogP contribution in [0.4, 0.5) is 4.39 Å². The van der Waals surface area contributed by atoms with E-state index in [4.69, 9.17) is 4.52 Å². The molecule has 2 unspecified atom stereocenters. The van der Waals surface area contributed by atoms with E-state index in [9.17, 15) is 14.1 Å². The highest BCUT2D eigenvalue weighted by molar-refractivity contribution is 7.67. The molecule has 1 aromatic heterocycles. The fourth-order valence-electron chi connectivity index (χ4n) is 1.85. The first-order valence-electron chi connectivity index (χ1n) is 6.16. The molecule has 0 spiro atoms. The SMILES string of the molecule is CCOP(=O)(c1ccc(F)cc1)C(O)c1cccnc1. The second-order valence-electron chi connectivity index (χ2n) is 4.15. The van der Waals surface area contributed by atoms with Crippen molar-refractivity contribution in [3.05, 3.63) is 60.2 Å². The van der Waals surface area contributed by atoms with Gasteiger partial charge in [-0.25, -0.2) is 4.39 Å². The zero-order valence-electron chi connectivity index (χ0n) is 10.9. The fraction of sp³-hybridized carbons (Fsp3) is 0.214. The summed E-state index contributed by atoms with van der Waals surface area (Å²) in [7, 11) is -3.56. The molecule has 0 aliphatic heterocycles. The van der Waals surface area contributed by atoms with Gasteiger partial charge >= 0.3 is 0 Å². The minimum absolute atomic E-state index is 0.173. The number of hydrogen-bond donors (Lipinski definition) is 1. The summed E-state index contributed by atoms with van der Waals surface area (Å²) in [4.78, 5) is 3.89. The number of rotatable bonds is 5. The number of benzene rings is 1. The van der Waals surface area contributed by atoms with Crippen molar-refractivity contribution in [3.8, 4) is 0 Å². The molecule has 0 saturated heterocycles. The summed E-state index contributed by atoms with van der Waals surface area (Å²) in [6, 6.07) is 8.37. The van der Waals surface area contributed by atoms with Crippen molar-refractivity contribution in [2.24, 2.45) is 0 Å². The van der Waals surface area contributed by atoms with E-state index in [1.54, 1.807) is 25.3 Å². The van der Waals surface area contributed by atoms with Gasteiger partial charge in [0.05, 0.1) is 6.61 Å². The van der Waals surface area contributed by atoms with Gasteiger partial charge < -0.3 is 9.63 Å². The van der Waals surface area contributed by atoms with E-state index in [0.717, 1.165) is 0 Å². The Balaban J connectivity index is 2.44. The van der Waals surface area contributed by atoms with Crippen LogP contribution in [0.3, 0.4) is 0 Å². The van der Waals surface area contributed by atoms with Crippen molar-refractivity contribution in [2.45, 2.75) is 12.8 Å². The number of pyridine rings is 1. The normalized spacial score (nSPS) is 15.6. The third-order valence-electron chi connectivity index (χ3n) is 2.81. The van der Waals surface area contributed by atoms with Crippen LogP contribution in [0.1, 0.15) is 18.3 Å². The van der Waals surface area contributed by atoms with Gasteiger partial charge in [0, 0.05) is 23.3 Å². The molecule has 0 bridgehead atoms. The molecular formula is C14H15FNO3P. The van der Waals surface area contributed by atoms with Crippen molar-refractivity contribution in [2.75, 3.05) is 6.61 Å². The molecule has 1 heterocycles. The highest BCUT2D eigenvalue weighted by Crippen LogP contribution is 2.57. The number of nitrogens with zero attached hydrogens (tertiary/aromatic N) is 1. The van der Waals surface area contributed by atoms with Crippen LogP contribution in [-0.2, 0) is 9.09 Å².